The Morgan fingerprint density at radius 2 is 2.21 bits per heavy atom. The molecular formula is C7H15N3O4. The van der Waals surface area contributed by atoms with Crippen molar-refractivity contribution in [2.75, 3.05) is 13.2 Å². The largest absolute Gasteiger partial charge is 0.354 e. The Hall–Kier alpha value is -1.37. The van der Waals surface area contributed by atoms with Crippen LogP contribution in [-0.2, 0) is 9.63 Å². The first-order valence-corrected chi connectivity index (χ1v) is 4.14. The number of nitrogens with zero attached hydrogens (tertiary/aromatic N) is 1. The van der Waals surface area contributed by atoms with Gasteiger partial charge in [0, 0.05) is 18.5 Å². The smallest absolute Gasteiger partial charge is 0.294 e. The van der Waals surface area contributed by atoms with Gasteiger partial charge >= 0.3 is 0 Å². The van der Waals surface area contributed by atoms with Crippen LogP contribution in [0.25, 0.3) is 0 Å². The molecule has 14 heavy (non-hydrogen) atoms. The van der Waals surface area contributed by atoms with Crippen LogP contribution >= 0.6 is 0 Å². The lowest BCUT2D eigenvalue weighted by Crippen LogP contribution is -2.39. The minimum Gasteiger partial charge on any atom is -0.354 e. The van der Waals surface area contributed by atoms with Crippen LogP contribution in [0.15, 0.2) is 0 Å². The Morgan fingerprint density at radius 1 is 1.64 bits per heavy atom. The van der Waals surface area contributed by atoms with Crippen molar-refractivity contribution in [2.24, 2.45) is 5.73 Å². The van der Waals surface area contributed by atoms with Gasteiger partial charge in [0.15, 0.2) is 0 Å². The molecule has 0 aliphatic rings. The van der Waals surface area contributed by atoms with E-state index in [1.165, 1.54) is 0 Å². The minimum atomic E-state index is -0.904. The number of carbonyl (C=O) groups excluding carboxylic acids is 1. The first-order valence-electron chi connectivity index (χ1n) is 4.14. The van der Waals surface area contributed by atoms with Crippen LogP contribution in [0.1, 0.15) is 20.3 Å². The lowest BCUT2D eigenvalue weighted by Gasteiger charge is -2.17. The highest BCUT2D eigenvalue weighted by atomic mass is 16.9. The summed E-state index contributed by atoms with van der Waals surface area (Å²) in [5.74, 6) is -0.246. The molecule has 3 N–H and O–H groups in total. The van der Waals surface area contributed by atoms with Crippen molar-refractivity contribution < 1.29 is 14.7 Å². The molecule has 0 aromatic rings. The van der Waals surface area contributed by atoms with Crippen LogP contribution < -0.4 is 11.1 Å². The van der Waals surface area contributed by atoms with E-state index >= 15 is 0 Å². The van der Waals surface area contributed by atoms with Gasteiger partial charge in [0.2, 0.25) is 5.91 Å². The maximum atomic E-state index is 11.1. The minimum absolute atomic E-state index is 0.107. The summed E-state index contributed by atoms with van der Waals surface area (Å²) in [6, 6.07) is 0. The number of rotatable bonds is 6. The zero-order valence-electron chi connectivity index (χ0n) is 8.28. The highest BCUT2D eigenvalue weighted by Gasteiger charge is 2.15. The van der Waals surface area contributed by atoms with Crippen LogP contribution in [0.4, 0.5) is 0 Å². The van der Waals surface area contributed by atoms with Crippen LogP contribution in [0, 0.1) is 10.1 Å². The van der Waals surface area contributed by atoms with E-state index in [2.05, 4.69) is 10.2 Å². The standard InChI is InChI=1S/C7H15N3O4/c1-7(2,8)5-6(11)9-3-4-14-10(12)13/h3-5,8H2,1-2H3,(H,9,11). The first kappa shape index (κ1) is 12.6. The average Bonchev–Trinajstić information content (AvgIpc) is 1.94. The second-order valence-corrected chi connectivity index (χ2v) is 3.57. The highest BCUT2D eigenvalue weighted by Crippen LogP contribution is 2.01. The summed E-state index contributed by atoms with van der Waals surface area (Å²) < 4.78 is 0. The van der Waals surface area contributed by atoms with E-state index in [9.17, 15) is 14.9 Å². The molecule has 0 atom stereocenters. The molecule has 1 amide bonds. The van der Waals surface area contributed by atoms with Gasteiger partial charge in [-0.05, 0) is 13.8 Å². The van der Waals surface area contributed by atoms with E-state index in [1.54, 1.807) is 13.8 Å². The van der Waals surface area contributed by atoms with E-state index in [0.717, 1.165) is 0 Å². The van der Waals surface area contributed by atoms with E-state index in [1.807, 2.05) is 0 Å². The molecule has 82 valence electrons. The number of hydrogen-bond donors (Lipinski definition) is 2. The third-order valence-corrected chi connectivity index (χ3v) is 1.24. The predicted molar refractivity (Wildman–Crippen MR) is 48.8 cm³/mol. The lowest BCUT2D eigenvalue weighted by atomic mass is 10.0. The molecule has 0 saturated heterocycles. The highest BCUT2D eigenvalue weighted by molar-refractivity contribution is 5.76. The fourth-order valence-corrected chi connectivity index (χ4v) is 0.787. The molecule has 7 nitrogen and oxygen atoms in total. The number of amides is 1. The Kier molecular flexibility index (Phi) is 4.85. The monoisotopic (exact) mass is 205 g/mol. The van der Waals surface area contributed by atoms with Gasteiger partial charge in [-0.1, -0.05) is 0 Å². The predicted octanol–water partition coefficient (Wildman–Crippen LogP) is -0.562. The van der Waals surface area contributed by atoms with Crippen molar-refractivity contribution >= 4 is 5.91 Å². The summed E-state index contributed by atoms with van der Waals surface area (Å²) in [6.07, 6.45) is 0.172. The van der Waals surface area contributed by atoms with Gasteiger partial charge in [0.05, 0.1) is 0 Å². The molecule has 0 fully saturated rings. The van der Waals surface area contributed by atoms with E-state index in [0.29, 0.717) is 0 Å². The summed E-state index contributed by atoms with van der Waals surface area (Å²) in [7, 11) is 0. The SMILES string of the molecule is CC(C)(N)CC(=O)NCCO[N+](=O)[O-]. The molecule has 7 heteroatoms. The van der Waals surface area contributed by atoms with Gasteiger partial charge in [-0.15, -0.1) is 10.1 Å². The fraction of sp³-hybridized carbons (Fsp3) is 0.857. The van der Waals surface area contributed by atoms with E-state index < -0.39 is 10.6 Å². The Labute approximate surface area is 81.7 Å². The van der Waals surface area contributed by atoms with Gasteiger partial charge in [-0.25, -0.2) is 0 Å². The molecule has 0 aromatic heterocycles. The van der Waals surface area contributed by atoms with Crippen molar-refractivity contribution in [2.45, 2.75) is 25.8 Å². The zero-order valence-corrected chi connectivity index (χ0v) is 8.28. The maximum Gasteiger partial charge on any atom is 0.294 e. The Bertz CT molecular complexity index is 211. The number of hydrogen-bond acceptors (Lipinski definition) is 5. The van der Waals surface area contributed by atoms with Gasteiger partial charge in [-0.3, -0.25) is 4.79 Å². The third kappa shape index (κ3) is 8.72. The molecule has 0 rings (SSSR count). The van der Waals surface area contributed by atoms with Gasteiger partial charge in [0.25, 0.3) is 5.09 Å². The average molecular weight is 205 g/mol. The number of nitrogens with one attached hydrogen (secondary N) is 1. The van der Waals surface area contributed by atoms with Crippen LogP contribution in [0.5, 0.6) is 0 Å². The van der Waals surface area contributed by atoms with Crippen molar-refractivity contribution in [3.8, 4) is 0 Å². The van der Waals surface area contributed by atoms with Crippen LogP contribution in [-0.4, -0.2) is 29.7 Å². The van der Waals surface area contributed by atoms with Gasteiger partial charge in [0.1, 0.15) is 6.61 Å². The molecule has 0 saturated carbocycles. The van der Waals surface area contributed by atoms with Crippen molar-refractivity contribution in [1.82, 2.24) is 5.32 Å². The maximum absolute atomic E-state index is 11.1. The normalized spacial score (nSPS) is 10.8. The van der Waals surface area contributed by atoms with Crippen LogP contribution in [0.2, 0.25) is 0 Å². The second-order valence-electron chi connectivity index (χ2n) is 3.57. The molecule has 0 aliphatic carbocycles. The third-order valence-electron chi connectivity index (χ3n) is 1.24. The quantitative estimate of drug-likeness (QED) is 0.343. The molecule has 0 heterocycles. The Balaban J connectivity index is 3.50. The van der Waals surface area contributed by atoms with E-state index in [-0.39, 0.29) is 25.5 Å². The second kappa shape index (κ2) is 5.38. The molecule has 0 aromatic carbocycles. The van der Waals surface area contributed by atoms with Gasteiger partial charge < -0.3 is 15.9 Å². The van der Waals surface area contributed by atoms with Crippen molar-refractivity contribution in [3.63, 3.8) is 0 Å². The summed E-state index contributed by atoms with van der Waals surface area (Å²) in [6.45, 7) is 3.40. The number of nitrogens with two attached hydrogens (primary N) is 1. The zero-order chi connectivity index (χ0) is 11.2. The summed E-state index contributed by atoms with van der Waals surface area (Å²) in [5, 5.41) is 11.3. The van der Waals surface area contributed by atoms with Crippen molar-refractivity contribution in [3.05, 3.63) is 10.1 Å². The van der Waals surface area contributed by atoms with E-state index in [4.69, 9.17) is 5.73 Å². The molecule has 0 bridgehead atoms. The fourth-order valence-electron chi connectivity index (χ4n) is 0.787. The topological polar surface area (TPSA) is 107 Å². The summed E-state index contributed by atoms with van der Waals surface area (Å²) in [5.41, 5.74) is 5.01. The molecular weight excluding hydrogens is 190 g/mol. The Morgan fingerprint density at radius 3 is 2.64 bits per heavy atom. The van der Waals surface area contributed by atoms with Crippen molar-refractivity contribution in [1.29, 1.82) is 0 Å². The molecule has 0 aliphatic heterocycles. The molecule has 0 radical (unpaired) electrons. The van der Waals surface area contributed by atoms with Gasteiger partial charge in [-0.2, -0.15) is 0 Å². The molecule has 0 spiro atoms. The first-order chi connectivity index (χ1) is 6.31. The summed E-state index contributed by atoms with van der Waals surface area (Å²) in [4.78, 5) is 24.8. The van der Waals surface area contributed by atoms with Crippen LogP contribution in [0.3, 0.4) is 0 Å². The number of carbonyl (C=O) groups is 1. The summed E-state index contributed by atoms with van der Waals surface area (Å²) >= 11 is 0. The lowest BCUT2D eigenvalue weighted by molar-refractivity contribution is -0.757. The molecule has 0 unspecified atom stereocenters.